The normalized spacial score (nSPS) is 14.9. The maximum atomic E-state index is 5.92. The van der Waals surface area contributed by atoms with Crippen LogP contribution >= 0.6 is 15.9 Å². The Morgan fingerprint density at radius 1 is 1.29 bits per heavy atom. The third-order valence-electron chi connectivity index (χ3n) is 3.48. The van der Waals surface area contributed by atoms with E-state index in [2.05, 4.69) is 66.0 Å². The van der Waals surface area contributed by atoms with Crippen LogP contribution in [0, 0.1) is 0 Å². The number of rotatable bonds is 6. The van der Waals surface area contributed by atoms with Crippen LogP contribution in [0.5, 0.6) is 0 Å². The van der Waals surface area contributed by atoms with E-state index >= 15 is 0 Å². The van der Waals surface area contributed by atoms with Crippen LogP contribution in [0.4, 0.5) is 0 Å². The van der Waals surface area contributed by atoms with Gasteiger partial charge in [-0.15, -0.1) is 0 Å². The van der Waals surface area contributed by atoms with E-state index in [0.717, 1.165) is 17.4 Å². The van der Waals surface area contributed by atoms with Crippen LogP contribution in [0.3, 0.4) is 0 Å². The van der Waals surface area contributed by atoms with Crippen molar-refractivity contribution in [2.75, 3.05) is 13.6 Å². The Morgan fingerprint density at radius 3 is 2.35 bits per heavy atom. The minimum atomic E-state index is 0.0990. The molecular formula is C14H23BrN2. The molecule has 0 saturated heterocycles. The second-order valence-electron chi connectivity index (χ2n) is 4.93. The van der Waals surface area contributed by atoms with Crippen LogP contribution in [0.1, 0.15) is 32.3 Å². The summed E-state index contributed by atoms with van der Waals surface area (Å²) in [5.74, 6) is 0. The molecule has 1 unspecified atom stereocenters. The number of hydrogen-bond acceptors (Lipinski definition) is 2. The SMILES string of the molecule is CCCC(C)(CN)N(C)Cc1ccc(Br)cc1. The van der Waals surface area contributed by atoms with Gasteiger partial charge in [-0.25, -0.2) is 0 Å². The molecule has 0 bridgehead atoms. The van der Waals surface area contributed by atoms with Gasteiger partial charge in [-0.05, 0) is 38.1 Å². The summed E-state index contributed by atoms with van der Waals surface area (Å²) in [6.45, 7) is 6.10. The average molecular weight is 299 g/mol. The van der Waals surface area contributed by atoms with E-state index in [9.17, 15) is 0 Å². The first-order valence-electron chi connectivity index (χ1n) is 6.17. The minimum Gasteiger partial charge on any atom is -0.329 e. The van der Waals surface area contributed by atoms with Gasteiger partial charge in [0.1, 0.15) is 0 Å². The second kappa shape index (κ2) is 6.53. The Balaban J connectivity index is 2.69. The smallest absolute Gasteiger partial charge is 0.0304 e. The molecule has 0 aromatic heterocycles. The molecule has 96 valence electrons. The standard InChI is InChI=1S/C14H23BrN2/c1-4-9-14(2,11-16)17(3)10-12-5-7-13(15)8-6-12/h5-8H,4,9-11,16H2,1-3H3. The van der Waals surface area contributed by atoms with E-state index in [1.54, 1.807) is 0 Å². The Labute approximate surface area is 113 Å². The maximum absolute atomic E-state index is 5.92. The molecule has 0 radical (unpaired) electrons. The predicted molar refractivity (Wildman–Crippen MR) is 78.0 cm³/mol. The molecule has 17 heavy (non-hydrogen) atoms. The first-order valence-corrected chi connectivity index (χ1v) is 6.97. The molecule has 0 saturated carbocycles. The summed E-state index contributed by atoms with van der Waals surface area (Å²) in [7, 11) is 2.16. The van der Waals surface area contributed by atoms with Gasteiger partial charge in [0.25, 0.3) is 0 Å². The van der Waals surface area contributed by atoms with E-state index in [1.165, 1.54) is 12.0 Å². The molecule has 0 aliphatic rings. The van der Waals surface area contributed by atoms with Crippen LogP contribution in [-0.2, 0) is 6.54 Å². The van der Waals surface area contributed by atoms with Gasteiger partial charge in [0.05, 0.1) is 0 Å². The van der Waals surface area contributed by atoms with Crippen molar-refractivity contribution >= 4 is 15.9 Å². The molecule has 0 aliphatic heterocycles. The second-order valence-corrected chi connectivity index (χ2v) is 5.85. The van der Waals surface area contributed by atoms with Crippen molar-refractivity contribution in [2.24, 2.45) is 5.73 Å². The largest absolute Gasteiger partial charge is 0.329 e. The van der Waals surface area contributed by atoms with Crippen molar-refractivity contribution in [3.63, 3.8) is 0 Å². The first kappa shape index (κ1) is 14.7. The van der Waals surface area contributed by atoms with Gasteiger partial charge >= 0.3 is 0 Å². The monoisotopic (exact) mass is 298 g/mol. The number of nitrogens with two attached hydrogens (primary N) is 1. The average Bonchev–Trinajstić information content (AvgIpc) is 2.32. The highest BCUT2D eigenvalue weighted by Gasteiger charge is 2.26. The molecule has 0 aliphatic carbocycles. The van der Waals surface area contributed by atoms with Crippen LogP contribution in [0.2, 0.25) is 0 Å². The quantitative estimate of drug-likeness (QED) is 0.872. The Bertz CT molecular complexity index is 337. The van der Waals surface area contributed by atoms with E-state index in [0.29, 0.717) is 6.54 Å². The number of halogens is 1. The topological polar surface area (TPSA) is 29.3 Å². The van der Waals surface area contributed by atoms with Gasteiger partial charge in [-0.2, -0.15) is 0 Å². The summed E-state index contributed by atoms with van der Waals surface area (Å²) in [5, 5.41) is 0. The van der Waals surface area contributed by atoms with Gasteiger partial charge in [-0.3, -0.25) is 4.90 Å². The molecule has 1 atom stereocenters. The van der Waals surface area contributed by atoms with Crippen molar-refractivity contribution < 1.29 is 0 Å². The van der Waals surface area contributed by atoms with E-state index < -0.39 is 0 Å². The minimum absolute atomic E-state index is 0.0990. The molecular weight excluding hydrogens is 276 g/mol. The third-order valence-corrected chi connectivity index (χ3v) is 4.01. The van der Waals surface area contributed by atoms with Gasteiger partial charge in [0.15, 0.2) is 0 Å². The Morgan fingerprint density at radius 2 is 1.88 bits per heavy atom. The first-order chi connectivity index (χ1) is 8.01. The van der Waals surface area contributed by atoms with Crippen molar-refractivity contribution in [2.45, 2.75) is 38.8 Å². The molecule has 3 heteroatoms. The fourth-order valence-electron chi connectivity index (χ4n) is 2.04. The maximum Gasteiger partial charge on any atom is 0.0304 e. The molecule has 2 nitrogen and oxygen atoms in total. The van der Waals surface area contributed by atoms with Gasteiger partial charge < -0.3 is 5.73 Å². The Hall–Kier alpha value is -0.380. The highest BCUT2D eigenvalue weighted by atomic mass is 79.9. The lowest BCUT2D eigenvalue weighted by molar-refractivity contribution is 0.125. The molecule has 1 rings (SSSR count). The van der Waals surface area contributed by atoms with Crippen molar-refractivity contribution in [1.29, 1.82) is 0 Å². The molecule has 2 N–H and O–H groups in total. The highest BCUT2D eigenvalue weighted by molar-refractivity contribution is 9.10. The highest BCUT2D eigenvalue weighted by Crippen LogP contribution is 2.21. The molecule has 1 aromatic rings. The fraction of sp³-hybridized carbons (Fsp3) is 0.571. The van der Waals surface area contributed by atoms with Crippen LogP contribution in [0.25, 0.3) is 0 Å². The van der Waals surface area contributed by atoms with Crippen molar-refractivity contribution in [1.82, 2.24) is 4.90 Å². The third kappa shape index (κ3) is 4.09. The summed E-state index contributed by atoms with van der Waals surface area (Å²) in [6.07, 6.45) is 2.30. The zero-order valence-electron chi connectivity index (χ0n) is 11.0. The van der Waals surface area contributed by atoms with Crippen molar-refractivity contribution in [3.8, 4) is 0 Å². The van der Waals surface area contributed by atoms with Crippen LogP contribution < -0.4 is 5.73 Å². The summed E-state index contributed by atoms with van der Waals surface area (Å²) < 4.78 is 1.12. The number of benzene rings is 1. The summed E-state index contributed by atoms with van der Waals surface area (Å²) in [5.41, 5.74) is 7.35. The number of likely N-dealkylation sites (N-methyl/N-ethyl adjacent to an activating group) is 1. The molecule has 0 spiro atoms. The van der Waals surface area contributed by atoms with E-state index in [1.807, 2.05) is 0 Å². The van der Waals surface area contributed by atoms with E-state index in [4.69, 9.17) is 5.73 Å². The lowest BCUT2D eigenvalue weighted by atomic mass is 9.94. The van der Waals surface area contributed by atoms with E-state index in [-0.39, 0.29) is 5.54 Å². The lowest BCUT2D eigenvalue weighted by Gasteiger charge is -2.38. The zero-order valence-corrected chi connectivity index (χ0v) is 12.6. The van der Waals surface area contributed by atoms with Crippen molar-refractivity contribution in [3.05, 3.63) is 34.3 Å². The Kier molecular flexibility index (Phi) is 5.63. The van der Waals surface area contributed by atoms with Crippen LogP contribution in [0.15, 0.2) is 28.7 Å². The number of nitrogens with zero attached hydrogens (tertiary/aromatic N) is 1. The van der Waals surface area contributed by atoms with Gasteiger partial charge in [0.2, 0.25) is 0 Å². The predicted octanol–water partition coefficient (Wildman–Crippen LogP) is 3.40. The summed E-state index contributed by atoms with van der Waals surface area (Å²) in [6, 6.07) is 8.48. The van der Waals surface area contributed by atoms with Gasteiger partial charge in [0, 0.05) is 23.1 Å². The van der Waals surface area contributed by atoms with Gasteiger partial charge in [-0.1, -0.05) is 41.4 Å². The summed E-state index contributed by atoms with van der Waals surface area (Å²) in [4.78, 5) is 2.36. The molecule has 0 heterocycles. The fourth-order valence-corrected chi connectivity index (χ4v) is 2.31. The molecule has 0 amide bonds. The number of hydrogen-bond donors (Lipinski definition) is 1. The lowest BCUT2D eigenvalue weighted by Crippen LogP contribution is -2.49. The molecule has 1 aromatic carbocycles. The van der Waals surface area contributed by atoms with Crippen LogP contribution in [-0.4, -0.2) is 24.0 Å². The summed E-state index contributed by atoms with van der Waals surface area (Å²) >= 11 is 3.46. The molecule has 0 fully saturated rings. The zero-order chi connectivity index (χ0) is 12.9.